The Morgan fingerprint density at radius 2 is 2.11 bits per heavy atom. The van der Waals surface area contributed by atoms with Crippen LogP contribution in [-0.4, -0.2) is 50.3 Å². The maximum Gasteiger partial charge on any atom is 0.335 e. The molecule has 1 aromatic carbocycles. The third kappa shape index (κ3) is 4.72. The molecule has 0 saturated heterocycles. The van der Waals surface area contributed by atoms with Crippen LogP contribution >= 0.6 is 15.9 Å². The van der Waals surface area contributed by atoms with Crippen molar-refractivity contribution < 1.29 is 19.4 Å². The Labute approximate surface area is 121 Å². The van der Waals surface area contributed by atoms with Gasteiger partial charge in [-0.25, -0.2) is 4.79 Å². The van der Waals surface area contributed by atoms with Crippen LogP contribution in [0.2, 0.25) is 0 Å². The van der Waals surface area contributed by atoms with E-state index in [9.17, 15) is 4.79 Å². The SMILES string of the molecule is COc1cc(C(=O)O)cc(Br)c1OCCCN(C)C. The number of rotatable bonds is 7. The number of methoxy groups -OCH3 is 1. The molecule has 0 fully saturated rings. The number of aromatic carboxylic acids is 1. The summed E-state index contributed by atoms with van der Waals surface area (Å²) in [7, 11) is 5.48. The predicted molar refractivity (Wildman–Crippen MR) is 76.3 cm³/mol. The molecule has 0 bridgehead atoms. The maximum absolute atomic E-state index is 10.9. The lowest BCUT2D eigenvalue weighted by atomic mass is 10.2. The first-order chi connectivity index (χ1) is 8.95. The van der Waals surface area contributed by atoms with Crippen molar-refractivity contribution in [1.29, 1.82) is 0 Å². The Bertz CT molecular complexity index is 449. The molecule has 106 valence electrons. The highest BCUT2D eigenvalue weighted by atomic mass is 79.9. The molecule has 1 aromatic rings. The van der Waals surface area contributed by atoms with Gasteiger partial charge in [-0.05, 0) is 48.6 Å². The highest BCUT2D eigenvalue weighted by Gasteiger charge is 2.14. The van der Waals surface area contributed by atoms with Gasteiger partial charge in [-0.3, -0.25) is 0 Å². The topological polar surface area (TPSA) is 59.0 Å². The summed E-state index contributed by atoms with van der Waals surface area (Å²) >= 11 is 3.31. The smallest absolute Gasteiger partial charge is 0.335 e. The molecule has 1 N–H and O–H groups in total. The molecule has 1 rings (SSSR count). The number of carboxylic acids is 1. The minimum absolute atomic E-state index is 0.157. The van der Waals surface area contributed by atoms with Crippen molar-refractivity contribution in [1.82, 2.24) is 4.90 Å². The number of hydrogen-bond acceptors (Lipinski definition) is 4. The fourth-order valence-electron chi connectivity index (χ4n) is 1.54. The van der Waals surface area contributed by atoms with Crippen LogP contribution in [0.4, 0.5) is 0 Å². The first-order valence-corrected chi connectivity index (χ1v) is 6.63. The van der Waals surface area contributed by atoms with Gasteiger partial charge < -0.3 is 19.5 Å². The quantitative estimate of drug-likeness (QED) is 0.778. The van der Waals surface area contributed by atoms with Gasteiger partial charge in [-0.2, -0.15) is 0 Å². The monoisotopic (exact) mass is 331 g/mol. The van der Waals surface area contributed by atoms with Crippen molar-refractivity contribution in [2.75, 3.05) is 34.4 Å². The Hall–Kier alpha value is -1.27. The lowest BCUT2D eigenvalue weighted by Gasteiger charge is -2.14. The number of ether oxygens (including phenoxy) is 2. The van der Waals surface area contributed by atoms with Crippen molar-refractivity contribution in [3.05, 3.63) is 22.2 Å². The Balaban J connectivity index is 2.79. The van der Waals surface area contributed by atoms with E-state index in [1.54, 1.807) is 0 Å². The van der Waals surface area contributed by atoms with Crippen LogP contribution in [-0.2, 0) is 0 Å². The molecule has 0 saturated carbocycles. The number of benzene rings is 1. The van der Waals surface area contributed by atoms with Gasteiger partial charge in [-0.1, -0.05) is 0 Å². The second-order valence-electron chi connectivity index (χ2n) is 4.30. The van der Waals surface area contributed by atoms with E-state index < -0.39 is 5.97 Å². The predicted octanol–water partition coefficient (Wildman–Crippen LogP) is 2.49. The molecule has 5 nitrogen and oxygen atoms in total. The van der Waals surface area contributed by atoms with Gasteiger partial charge in [-0.15, -0.1) is 0 Å². The second kappa shape index (κ2) is 7.35. The molecule has 0 aliphatic heterocycles. The van der Waals surface area contributed by atoms with Crippen molar-refractivity contribution >= 4 is 21.9 Å². The number of carboxylic acid groups (broad SMARTS) is 1. The van der Waals surface area contributed by atoms with E-state index in [1.807, 2.05) is 14.1 Å². The fraction of sp³-hybridized carbons (Fsp3) is 0.462. The van der Waals surface area contributed by atoms with Crippen LogP contribution in [0.3, 0.4) is 0 Å². The van der Waals surface area contributed by atoms with E-state index >= 15 is 0 Å². The Kier molecular flexibility index (Phi) is 6.11. The lowest BCUT2D eigenvalue weighted by Crippen LogP contribution is -2.15. The van der Waals surface area contributed by atoms with Crippen molar-refractivity contribution in [2.45, 2.75) is 6.42 Å². The molecule has 0 atom stereocenters. The molecule has 19 heavy (non-hydrogen) atoms. The summed E-state index contributed by atoms with van der Waals surface area (Å²) in [5.41, 5.74) is 0.157. The van der Waals surface area contributed by atoms with Gasteiger partial charge >= 0.3 is 5.97 Å². The highest BCUT2D eigenvalue weighted by Crippen LogP contribution is 2.36. The Morgan fingerprint density at radius 1 is 1.42 bits per heavy atom. The number of hydrogen-bond donors (Lipinski definition) is 1. The third-order valence-electron chi connectivity index (χ3n) is 2.47. The summed E-state index contributed by atoms with van der Waals surface area (Å²) in [5, 5.41) is 8.97. The summed E-state index contributed by atoms with van der Waals surface area (Å²) in [4.78, 5) is 13.0. The van der Waals surface area contributed by atoms with Crippen LogP contribution < -0.4 is 9.47 Å². The zero-order valence-corrected chi connectivity index (χ0v) is 12.9. The first-order valence-electron chi connectivity index (χ1n) is 5.84. The first kappa shape index (κ1) is 15.8. The molecule has 0 aliphatic carbocycles. The fourth-order valence-corrected chi connectivity index (χ4v) is 2.09. The minimum Gasteiger partial charge on any atom is -0.493 e. The highest BCUT2D eigenvalue weighted by molar-refractivity contribution is 9.10. The van der Waals surface area contributed by atoms with E-state index in [2.05, 4.69) is 20.8 Å². The molecule has 6 heteroatoms. The molecular formula is C13H18BrNO4. The molecule has 0 heterocycles. The minimum atomic E-state index is -1.00. The summed E-state index contributed by atoms with van der Waals surface area (Å²) in [6.45, 7) is 1.46. The van der Waals surface area contributed by atoms with Gasteiger partial charge in [0, 0.05) is 6.54 Å². The van der Waals surface area contributed by atoms with E-state index in [0.29, 0.717) is 22.6 Å². The zero-order valence-electron chi connectivity index (χ0n) is 11.3. The normalized spacial score (nSPS) is 10.6. The number of carbonyl (C=O) groups is 1. The van der Waals surface area contributed by atoms with Crippen LogP contribution in [0.25, 0.3) is 0 Å². The molecule has 0 aromatic heterocycles. The summed E-state index contributed by atoms with van der Waals surface area (Å²) < 4.78 is 11.4. The molecule has 0 unspecified atom stereocenters. The van der Waals surface area contributed by atoms with E-state index in [1.165, 1.54) is 19.2 Å². The molecule has 0 spiro atoms. The van der Waals surface area contributed by atoms with Gasteiger partial charge in [0.05, 0.1) is 23.8 Å². The van der Waals surface area contributed by atoms with Crippen LogP contribution in [0.1, 0.15) is 16.8 Å². The van der Waals surface area contributed by atoms with Crippen LogP contribution in [0.5, 0.6) is 11.5 Å². The van der Waals surface area contributed by atoms with Crippen LogP contribution in [0, 0.1) is 0 Å². The van der Waals surface area contributed by atoms with E-state index in [-0.39, 0.29) is 5.56 Å². The standard InChI is InChI=1S/C13H18BrNO4/c1-15(2)5-4-6-19-12-10(14)7-9(13(16)17)8-11(12)18-3/h7-8H,4-6H2,1-3H3,(H,16,17). The van der Waals surface area contributed by atoms with Crippen molar-refractivity contribution in [3.8, 4) is 11.5 Å². The number of halogens is 1. The molecule has 0 aliphatic rings. The van der Waals surface area contributed by atoms with Gasteiger partial charge in [0.15, 0.2) is 11.5 Å². The zero-order chi connectivity index (χ0) is 14.4. The number of nitrogens with zero attached hydrogens (tertiary/aromatic N) is 1. The molecule has 0 amide bonds. The third-order valence-corrected chi connectivity index (χ3v) is 3.06. The van der Waals surface area contributed by atoms with E-state index in [4.69, 9.17) is 14.6 Å². The molecular weight excluding hydrogens is 314 g/mol. The van der Waals surface area contributed by atoms with Gasteiger partial charge in [0.1, 0.15) is 0 Å². The van der Waals surface area contributed by atoms with Gasteiger partial charge in [0.2, 0.25) is 0 Å². The average molecular weight is 332 g/mol. The Morgan fingerprint density at radius 3 is 2.63 bits per heavy atom. The summed E-state index contributed by atoms with van der Waals surface area (Å²) in [6, 6.07) is 2.96. The average Bonchev–Trinajstić information content (AvgIpc) is 2.34. The van der Waals surface area contributed by atoms with Crippen LogP contribution in [0.15, 0.2) is 16.6 Å². The molecule has 0 radical (unpaired) electrons. The second-order valence-corrected chi connectivity index (χ2v) is 5.15. The van der Waals surface area contributed by atoms with Crippen molar-refractivity contribution in [2.24, 2.45) is 0 Å². The lowest BCUT2D eigenvalue weighted by molar-refractivity contribution is 0.0696. The maximum atomic E-state index is 10.9. The van der Waals surface area contributed by atoms with E-state index in [0.717, 1.165) is 13.0 Å². The summed E-state index contributed by atoms with van der Waals surface area (Å²) in [5.74, 6) is -0.0546. The van der Waals surface area contributed by atoms with Gasteiger partial charge in [0.25, 0.3) is 0 Å². The largest absolute Gasteiger partial charge is 0.493 e. The summed E-state index contributed by atoms with van der Waals surface area (Å²) in [6.07, 6.45) is 0.878. The van der Waals surface area contributed by atoms with Crippen molar-refractivity contribution in [3.63, 3.8) is 0 Å².